The topological polar surface area (TPSA) is 45.2 Å². The van der Waals surface area contributed by atoms with E-state index in [9.17, 15) is 5.11 Å². The number of nitrogens with one attached hydrogen (secondary N) is 1. The van der Waals surface area contributed by atoms with Crippen LogP contribution in [0, 0.1) is 0 Å². The molecule has 1 heterocycles. The molecule has 3 heteroatoms. The Labute approximate surface area is 91.5 Å². The van der Waals surface area contributed by atoms with Crippen molar-refractivity contribution in [3.63, 3.8) is 0 Å². The summed E-state index contributed by atoms with van der Waals surface area (Å²) in [5.41, 5.74) is 0.275. The molecule has 0 amide bonds. The van der Waals surface area contributed by atoms with Gasteiger partial charge in [-0.2, -0.15) is 0 Å². The Hall–Kier alpha value is -0.930. The van der Waals surface area contributed by atoms with Crippen LogP contribution >= 0.6 is 0 Å². The molecule has 2 atom stereocenters. The third-order valence-corrected chi connectivity index (χ3v) is 2.69. The Morgan fingerprint density at radius 2 is 2.00 bits per heavy atom. The molecule has 15 heavy (non-hydrogen) atoms. The van der Waals surface area contributed by atoms with Crippen molar-refractivity contribution in [3.05, 3.63) is 30.1 Å². The van der Waals surface area contributed by atoms with Gasteiger partial charge in [-0.05, 0) is 39.8 Å². The summed E-state index contributed by atoms with van der Waals surface area (Å²) in [6.45, 7) is 7.62. The second kappa shape index (κ2) is 4.73. The van der Waals surface area contributed by atoms with Crippen LogP contribution in [-0.2, 0) is 0 Å². The van der Waals surface area contributed by atoms with Gasteiger partial charge in [-0.1, -0.05) is 6.07 Å². The predicted molar refractivity (Wildman–Crippen MR) is 61.5 cm³/mol. The van der Waals surface area contributed by atoms with Crippen LogP contribution < -0.4 is 5.32 Å². The van der Waals surface area contributed by atoms with E-state index >= 15 is 0 Å². The molecule has 1 rings (SSSR count). The average molecular weight is 208 g/mol. The molecule has 0 aromatic carbocycles. The van der Waals surface area contributed by atoms with Crippen LogP contribution in [-0.4, -0.2) is 21.7 Å². The van der Waals surface area contributed by atoms with Crippen molar-refractivity contribution >= 4 is 0 Å². The number of hydrogen-bond acceptors (Lipinski definition) is 3. The largest absolute Gasteiger partial charge is 0.389 e. The van der Waals surface area contributed by atoms with Crippen molar-refractivity contribution in [3.8, 4) is 0 Å². The van der Waals surface area contributed by atoms with E-state index in [4.69, 9.17) is 0 Å². The minimum atomic E-state index is -0.719. The van der Waals surface area contributed by atoms with Crippen LogP contribution in [0.4, 0.5) is 0 Å². The van der Waals surface area contributed by atoms with Crippen LogP contribution in [0.1, 0.15) is 39.4 Å². The summed E-state index contributed by atoms with van der Waals surface area (Å²) in [6.07, 6.45) is 1.78. The minimum absolute atomic E-state index is 0.0227. The number of aromatic nitrogens is 1. The molecule has 0 aliphatic rings. The zero-order valence-corrected chi connectivity index (χ0v) is 9.86. The molecule has 0 spiro atoms. The molecule has 0 fully saturated rings. The van der Waals surface area contributed by atoms with E-state index in [1.165, 1.54) is 0 Å². The summed E-state index contributed by atoms with van der Waals surface area (Å²) in [5.74, 6) is 0. The lowest BCUT2D eigenvalue weighted by Crippen LogP contribution is -2.45. The lowest BCUT2D eigenvalue weighted by atomic mass is 9.99. The van der Waals surface area contributed by atoms with Gasteiger partial charge in [-0.15, -0.1) is 0 Å². The molecular weight excluding hydrogens is 188 g/mol. The first-order valence-electron chi connectivity index (χ1n) is 5.30. The van der Waals surface area contributed by atoms with Crippen molar-refractivity contribution in [2.45, 2.75) is 45.4 Å². The molecule has 0 saturated carbocycles. The molecule has 84 valence electrons. The van der Waals surface area contributed by atoms with E-state index in [1.807, 2.05) is 32.0 Å². The average Bonchev–Trinajstić information content (AvgIpc) is 2.17. The van der Waals surface area contributed by atoms with Gasteiger partial charge in [0.25, 0.3) is 0 Å². The highest BCUT2D eigenvalue weighted by molar-refractivity contribution is 5.08. The smallest absolute Gasteiger partial charge is 0.0741 e. The number of aliphatic hydroxyl groups is 1. The Bertz CT molecular complexity index is 292. The molecule has 1 aromatic heterocycles. The molecule has 1 unspecified atom stereocenters. The van der Waals surface area contributed by atoms with Crippen molar-refractivity contribution in [1.29, 1.82) is 0 Å². The zero-order chi connectivity index (χ0) is 11.5. The molecular formula is C12H20N2O. The van der Waals surface area contributed by atoms with Gasteiger partial charge >= 0.3 is 0 Å². The van der Waals surface area contributed by atoms with Crippen LogP contribution in [0.3, 0.4) is 0 Å². The first-order valence-corrected chi connectivity index (χ1v) is 5.30. The van der Waals surface area contributed by atoms with Gasteiger partial charge in [0.1, 0.15) is 0 Å². The van der Waals surface area contributed by atoms with Gasteiger partial charge in [-0.3, -0.25) is 4.98 Å². The molecule has 1 aromatic rings. The highest BCUT2D eigenvalue weighted by Crippen LogP contribution is 2.14. The monoisotopic (exact) mass is 208 g/mol. The molecule has 0 radical (unpaired) electrons. The van der Waals surface area contributed by atoms with Crippen LogP contribution in [0.5, 0.6) is 0 Å². The van der Waals surface area contributed by atoms with E-state index in [0.717, 1.165) is 5.69 Å². The Balaban J connectivity index is 2.61. The molecule has 0 aliphatic heterocycles. The Morgan fingerprint density at radius 1 is 1.33 bits per heavy atom. The second-order valence-electron chi connectivity index (χ2n) is 4.52. The summed E-state index contributed by atoms with van der Waals surface area (Å²) in [6, 6.07) is 6.02. The lowest BCUT2D eigenvalue weighted by Gasteiger charge is -2.29. The first kappa shape index (κ1) is 12.1. The SMILES string of the molecule is CC(N[C@@H](C)c1ccccn1)C(C)(C)O. The molecule has 3 nitrogen and oxygen atoms in total. The quantitative estimate of drug-likeness (QED) is 0.794. The third-order valence-electron chi connectivity index (χ3n) is 2.69. The van der Waals surface area contributed by atoms with E-state index in [0.29, 0.717) is 0 Å². The van der Waals surface area contributed by atoms with Crippen molar-refractivity contribution in [1.82, 2.24) is 10.3 Å². The maximum atomic E-state index is 9.80. The molecule has 0 bridgehead atoms. The minimum Gasteiger partial charge on any atom is -0.389 e. The fourth-order valence-corrected chi connectivity index (χ4v) is 1.30. The maximum Gasteiger partial charge on any atom is 0.0741 e. The first-order chi connectivity index (χ1) is 6.91. The van der Waals surface area contributed by atoms with Crippen molar-refractivity contribution in [2.24, 2.45) is 0 Å². The zero-order valence-electron chi connectivity index (χ0n) is 9.86. The summed E-state index contributed by atoms with van der Waals surface area (Å²) in [7, 11) is 0. The van der Waals surface area contributed by atoms with E-state index in [1.54, 1.807) is 20.0 Å². The van der Waals surface area contributed by atoms with Crippen molar-refractivity contribution in [2.75, 3.05) is 0 Å². The van der Waals surface area contributed by atoms with Crippen LogP contribution in [0.2, 0.25) is 0 Å². The second-order valence-corrected chi connectivity index (χ2v) is 4.52. The van der Waals surface area contributed by atoms with Crippen LogP contribution in [0.25, 0.3) is 0 Å². The van der Waals surface area contributed by atoms with Gasteiger partial charge in [0, 0.05) is 18.3 Å². The summed E-state index contributed by atoms with van der Waals surface area (Å²) in [4.78, 5) is 4.27. The van der Waals surface area contributed by atoms with Gasteiger partial charge < -0.3 is 10.4 Å². The number of rotatable bonds is 4. The van der Waals surface area contributed by atoms with Crippen LogP contribution in [0.15, 0.2) is 24.4 Å². The summed E-state index contributed by atoms with van der Waals surface area (Å²) < 4.78 is 0. The standard InChI is InChI=1S/C12H20N2O/c1-9(11-7-5-6-8-13-11)14-10(2)12(3,4)15/h5-10,14-15H,1-4H3/t9-,10?/m0/s1. The Morgan fingerprint density at radius 3 is 2.47 bits per heavy atom. The van der Waals surface area contributed by atoms with E-state index in [-0.39, 0.29) is 12.1 Å². The number of hydrogen-bond donors (Lipinski definition) is 2. The lowest BCUT2D eigenvalue weighted by molar-refractivity contribution is 0.0403. The molecule has 0 saturated heterocycles. The van der Waals surface area contributed by atoms with Gasteiger partial charge in [-0.25, -0.2) is 0 Å². The van der Waals surface area contributed by atoms with E-state index < -0.39 is 5.60 Å². The highest BCUT2D eigenvalue weighted by Gasteiger charge is 2.23. The third kappa shape index (κ3) is 3.61. The molecule has 2 N–H and O–H groups in total. The summed E-state index contributed by atoms with van der Waals surface area (Å²) in [5, 5.41) is 13.1. The predicted octanol–water partition coefficient (Wildman–Crippen LogP) is 1.89. The summed E-state index contributed by atoms with van der Waals surface area (Å²) >= 11 is 0. The number of nitrogens with zero attached hydrogens (tertiary/aromatic N) is 1. The van der Waals surface area contributed by atoms with Crippen molar-refractivity contribution < 1.29 is 5.11 Å². The Kier molecular flexibility index (Phi) is 3.83. The fourth-order valence-electron chi connectivity index (χ4n) is 1.30. The molecule has 0 aliphatic carbocycles. The maximum absolute atomic E-state index is 9.80. The normalized spacial score (nSPS) is 16.1. The fraction of sp³-hybridized carbons (Fsp3) is 0.583. The van der Waals surface area contributed by atoms with Gasteiger partial charge in [0.05, 0.1) is 11.3 Å². The van der Waals surface area contributed by atoms with Gasteiger partial charge in [0.2, 0.25) is 0 Å². The van der Waals surface area contributed by atoms with E-state index in [2.05, 4.69) is 10.3 Å². The highest BCUT2D eigenvalue weighted by atomic mass is 16.3. The number of pyridine rings is 1. The van der Waals surface area contributed by atoms with Gasteiger partial charge in [0.15, 0.2) is 0 Å².